The lowest BCUT2D eigenvalue weighted by atomic mass is 9.90. The van der Waals surface area contributed by atoms with Gasteiger partial charge in [-0.05, 0) is 32.0 Å². The maximum absolute atomic E-state index is 13.8. The maximum atomic E-state index is 13.8. The van der Waals surface area contributed by atoms with E-state index in [0.29, 0.717) is 0 Å². The second-order valence-electron chi connectivity index (χ2n) is 5.44. The van der Waals surface area contributed by atoms with Crippen LogP contribution in [0.15, 0.2) is 18.2 Å². The number of aliphatic hydroxyl groups is 1. The summed E-state index contributed by atoms with van der Waals surface area (Å²) in [5, 5.41) is 10.3. The van der Waals surface area contributed by atoms with Crippen LogP contribution in [-0.4, -0.2) is 48.5 Å². The van der Waals surface area contributed by atoms with Crippen molar-refractivity contribution in [2.24, 2.45) is 0 Å². The third-order valence-electron chi connectivity index (χ3n) is 3.83. The number of rotatable bonds is 6. The van der Waals surface area contributed by atoms with Crippen LogP contribution in [0.1, 0.15) is 29.9 Å². The largest absolute Gasteiger partial charge is 0.497 e. The molecule has 148 valence electrons. The Labute approximate surface area is 152 Å². The number of carbonyl (C=O) groups excluding carboxylic acids is 2. The SMILES string of the molecule is CCOC(=O)c1[nH]c2ccc(OC)cc2c1C(O)(C(=O)OCC)C(F)(F)F. The quantitative estimate of drug-likeness (QED) is 0.738. The summed E-state index contributed by atoms with van der Waals surface area (Å²) in [6.45, 7) is 2.22. The first-order valence-corrected chi connectivity index (χ1v) is 7.95. The van der Waals surface area contributed by atoms with Gasteiger partial charge in [-0.2, -0.15) is 13.2 Å². The monoisotopic (exact) mass is 389 g/mol. The topological polar surface area (TPSA) is 97.9 Å². The van der Waals surface area contributed by atoms with Crippen molar-refractivity contribution in [3.05, 3.63) is 29.5 Å². The molecule has 2 rings (SSSR count). The van der Waals surface area contributed by atoms with E-state index >= 15 is 0 Å². The highest BCUT2D eigenvalue weighted by Gasteiger charge is 2.64. The van der Waals surface area contributed by atoms with Crippen molar-refractivity contribution < 1.29 is 42.1 Å². The van der Waals surface area contributed by atoms with Gasteiger partial charge in [-0.15, -0.1) is 0 Å². The highest BCUT2D eigenvalue weighted by Crippen LogP contribution is 2.45. The number of hydrogen-bond donors (Lipinski definition) is 2. The molecule has 1 heterocycles. The molecule has 0 spiro atoms. The molecule has 0 radical (unpaired) electrons. The number of aromatic nitrogens is 1. The van der Waals surface area contributed by atoms with Gasteiger partial charge >= 0.3 is 18.1 Å². The number of aromatic amines is 1. The van der Waals surface area contributed by atoms with Gasteiger partial charge in [0.15, 0.2) is 0 Å². The number of benzene rings is 1. The number of esters is 2. The number of carbonyl (C=O) groups is 2. The summed E-state index contributed by atoms with van der Waals surface area (Å²) in [4.78, 5) is 26.9. The summed E-state index contributed by atoms with van der Waals surface area (Å²) in [7, 11) is 1.29. The predicted molar refractivity (Wildman–Crippen MR) is 87.4 cm³/mol. The smallest absolute Gasteiger partial charge is 0.432 e. The Morgan fingerprint density at radius 3 is 2.30 bits per heavy atom. The molecule has 7 nitrogen and oxygen atoms in total. The average Bonchev–Trinajstić information content (AvgIpc) is 2.99. The number of methoxy groups -OCH3 is 1. The molecule has 0 bridgehead atoms. The van der Waals surface area contributed by atoms with Crippen LogP contribution in [-0.2, 0) is 19.9 Å². The van der Waals surface area contributed by atoms with E-state index in [1.54, 1.807) is 0 Å². The molecule has 0 fully saturated rings. The second-order valence-corrected chi connectivity index (χ2v) is 5.44. The first-order chi connectivity index (χ1) is 12.6. The second kappa shape index (κ2) is 7.47. The fraction of sp³-hybridized carbons (Fsp3) is 0.412. The van der Waals surface area contributed by atoms with E-state index in [1.165, 1.54) is 39.2 Å². The van der Waals surface area contributed by atoms with E-state index in [9.17, 15) is 27.9 Å². The first-order valence-electron chi connectivity index (χ1n) is 7.95. The van der Waals surface area contributed by atoms with Crippen LogP contribution < -0.4 is 4.74 Å². The van der Waals surface area contributed by atoms with Crippen LogP contribution in [0.3, 0.4) is 0 Å². The van der Waals surface area contributed by atoms with Crippen molar-refractivity contribution >= 4 is 22.8 Å². The molecule has 1 aromatic heterocycles. The van der Waals surface area contributed by atoms with Gasteiger partial charge in [0.25, 0.3) is 5.60 Å². The van der Waals surface area contributed by atoms with Crippen LogP contribution in [0, 0.1) is 0 Å². The standard InChI is InChI=1S/C17H18F3NO6/c1-4-26-14(22)13-12(10-8-9(25-3)6-7-11(10)21-13)16(24,17(18,19)20)15(23)27-5-2/h6-8,21,24H,4-5H2,1-3H3. The van der Waals surface area contributed by atoms with Crippen LogP contribution in [0.5, 0.6) is 5.75 Å². The highest BCUT2D eigenvalue weighted by molar-refractivity contribution is 6.03. The zero-order valence-electron chi connectivity index (χ0n) is 14.8. The van der Waals surface area contributed by atoms with E-state index in [4.69, 9.17) is 9.47 Å². The fourth-order valence-electron chi connectivity index (χ4n) is 2.63. The molecule has 1 unspecified atom stereocenters. The van der Waals surface area contributed by atoms with Crippen molar-refractivity contribution in [1.82, 2.24) is 4.98 Å². The van der Waals surface area contributed by atoms with E-state index in [2.05, 4.69) is 9.72 Å². The number of halogens is 3. The predicted octanol–water partition coefficient (Wildman–Crippen LogP) is 2.67. The number of hydrogen-bond acceptors (Lipinski definition) is 6. The van der Waals surface area contributed by atoms with Crippen LogP contribution in [0.4, 0.5) is 13.2 Å². The lowest BCUT2D eigenvalue weighted by molar-refractivity contribution is -0.267. The lowest BCUT2D eigenvalue weighted by Crippen LogP contribution is -2.51. The van der Waals surface area contributed by atoms with Crippen molar-refractivity contribution in [3.8, 4) is 5.75 Å². The minimum atomic E-state index is -5.47. The van der Waals surface area contributed by atoms with Crippen LogP contribution >= 0.6 is 0 Å². The number of nitrogens with one attached hydrogen (secondary N) is 1. The highest BCUT2D eigenvalue weighted by atomic mass is 19.4. The van der Waals surface area contributed by atoms with Crippen LogP contribution in [0.2, 0.25) is 0 Å². The normalized spacial score (nSPS) is 13.9. The van der Waals surface area contributed by atoms with Gasteiger partial charge in [0.05, 0.1) is 20.3 Å². The molecule has 0 amide bonds. The molecule has 1 atom stereocenters. The summed E-state index contributed by atoms with van der Waals surface area (Å²) in [6, 6.07) is 3.96. The fourth-order valence-corrected chi connectivity index (χ4v) is 2.63. The third-order valence-corrected chi connectivity index (χ3v) is 3.83. The number of ether oxygens (including phenoxy) is 3. The molecule has 0 saturated carbocycles. The van der Waals surface area contributed by atoms with Crippen LogP contribution in [0.25, 0.3) is 10.9 Å². The molecule has 2 aromatic rings. The maximum Gasteiger partial charge on any atom is 0.432 e. The van der Waals surface area contributed by atoms with E-state index < -0.39 is 41.6 Å². The molecule has 1 aromatic carbocycles. The molecule has 0 aliphatic rings. The van der Waals surface area contributed by atoms with E-state index in [-0.39, 0.29) is 23.3 Å². The number of H-pyrrole nitrogens is 1. The molecule has 2 N–H and O–H groups in total. The van der Waals surface area contributed by atoms with Gasteiger partial charge in [0.2, 0.25) is 0 Å². The van der Waals surface area contributed by atoms with E-state index in [1.807, 2.05) is 0 Å². The van der Waals surface area contributed by atoms with Gasteiger partial charge < -0.3 is 24.3 Å². The lowest BCUT2D eigenvalue weighted by Gasteiger charge is -2.28. The third kappa shape index (κ3) is 3.44. The van der Waals surface area contributed by atoms with Gasteiger partial charge in [0.1, 0.15) is 11.4 Å². The Kier molecular flexibility index (Phi) is 5.69. The van der Waals surface area contributed by atoms with Crippen molar-refractivity contribution in [1.29, 1.82) is 0 Å². The summed E-state index contributed by atoms with van der Waals surface area (Å²) in [5.41, 5.74) is -5.72. The molecule has 0 saturated heterocycles. The Balaban J connectivity index is 2.91. The summed E-state index contributed by atoms with van der Waals surface area (Å²) >= 11 is 0. The van der Waals surface area contributed by atoms with Crippen molar-refractivity contribution in [3.63, 3.8) is 0 Å². The Hall–Kier alpha value is -2.75. The summed E-state index contributed by atoms with van der Waals surface area (Å²) < 4.78 is 55.7. The van der Waals surface area contributed by atoms with Gasteiger partial charge in [-0.3, -0.25) is 0 Å². The Bertz CT molecular complexity index is 860. The Morgan fingerprint density at radius 2 is 1.78 bits per heavy atom. The number of alkyl halides is 3. The zero-order chi connectivity index (χ0) is 20.4. The summed E-state index contributed by atoms with van der Waals surface area (Å²) in [6.07, 6.45) is -5.47. The molecular formula is C17H18F3NO6. The average molecular weight is 389 g/mol. The van der Waals surface area contributed by atoms with E-state index in [0.717, 1.165) is 0 Å². The molecule has 0 aliphatic carbocycles. The molecule has 0 aliphatic heterocycles. The minimum absolute atomic E-state index is 0.0702. The minimum Gasteiger partial charge on any atom is -0.497 e. The number of fused-ring (bicyclic) bond motifs is 1. The molecule has 27 heavy (non-hydrogen) atoms. The van der Waals surface area contributed by atoms with Gasteiger partial charge in [-0.1, -0.05) is 0 Å². The first kappa shape index (κ1) is 20.6. The molecular weight excluding hydrogens is 371 g/mol. The van der Waals surface area contributed by atoms with Gasteiger partial charge in [-0.25, -0.2) is 9.59 Å². The summed E-state index contributed by atoms with van der Waals surface area (Å²) in [5.74, 6) is -2.95. The van der Waals surface area contributed by atoms with Crippen molar-refractivity contribution in [2.75, 3.05) is 20.3 Å². The Morgan fingerprint density at radius 1 is 1.15 bits per heavy atom. The van der Waals surface area contributed by atoms with Crippen molar-refractivity contribution in [2.45, 2.75) is 25.6 Å². The zero-order valence-corrected chi connectivity index (χ0v) is 14.8. The van der Waals surface area contributed by atoms with Gasteiger partial charge in [0, 0.05) is 16.5 Å². The molecule has 10 heteroatoms.